The predicted octanol–water partition coefficient (Wildman–Crippen LogP) is 2.86. The van der Waals surface area contributed by atoms with Crippen molar-refractivity contribution >= 4 is 0 Å². The first-order valence-corrected chi connectivity index (χ1v) is 5.68. The van der Waals surface area contributed by atoms with E-state index >= 15 is 0 Å². The number of rotatable bonds is 0. The minimum absolute atomic E-state index is 0.403. The van der Waals surface area contributed by atoms with E-state index in [1.165, 1.54) is 44.1 Å². The number of hydrogen-bond donors (Lipinski definition) is 1. The van der Waals surface area contributed by atoms with E-state index in [1.54, 1.807) is 0 Å². The summed E-state index contributed by atoms with van der Waals surface area (Å²) in [7, 11) is 0. The molecule has 2 fully saturated rings. The predicted molar refractivity (Wildman–Crippen MR) is 56.4 cm³/mol. The second kappa shape index (κ2) is 3.83. The first-order valence-electron chi connectivity index (χ1n) is 5.68. The third-order valence-electron chi connectivity index (χ3n) is 3.77. The summed E-state index contributed by atoms with van der Waals surface area (Å²) < 4.78 is 0. The molecule has 0 bridgehead atoms. The molecule has 0 radical (unpaired) electrons. The summed E-state index contributed by atoms with van der Waals surface area (Å²) in [4.78, 5) is 0. The van der Waals surface area contributed by atoms with Crippen LogP contribution in [-0.4, -0.2) is 6.04 Å². The fourth-order valence-electron chi connectivity index (χ4n) is 3.16. The number of fused-ring (bicyclic) bond motifs is 1. The molecule has 13 heavy (non-hydrogen) atoms. The minimum atomic E-state index is 0.403. The molecule has 2 rings (SSSR count). The first kappa shape index (κ1) is 9.26. The highest BCUT2D eigenvalue weighted by atomic mass is 14.6. The molecular formula is C12H21N. The Balaban J connectivity index is 2.05. The third kappa shape index (κ3) is 2.14. The molecule has 2 aliphatic carbocycles. The van der Waals surface area contributed by atoms with E-state index in [9.17, 15) is 0 Å². The molecular weight excluding hydrogens is 158 g/mol. The molecule has 2 N–H and O–H groups in total. The van der Waals surface area contributed by atoms with E-state index in [1.807, 2.05) is 0 Å². The summed E-state index contributed by atoms with van der Waals surface area (Å²) in [5.41, 5.74) is 7.48. The van der Waals surface area contributed by atoms with Crippen LogP contribution in [0.3, 0.4) is 0 Å². The Morgan fingerprint density at radius 2 is 1.77 bits per heavy atom. The number of hydrogen-bond acceptors (Lipinski definition) is 1. The van der Waals surface area contributed by atoms with Crippen LogP contribution in [0.25, 0.3) is 0 Å². The van der Waals surface area contributed by atoms with E-state index in [0.717, 1.165) is 18.3 Å². The maximum absolute atomic E-state index is 6.07. The monoisotopic (exact) mass is 179 g/mol. The van der Waals surface area contributed by atoms with Gasteiger partial charge in [0.15, 0.2) is 0 Å². The Morgan fingerprint density at radius 3 is 2.54 bits per heavy atom. The quantitative estimate of drug-likeness (QED) is 0.568. The summed E-state index contributed by atoms with van der Waals surface area (Å²) in [5, 5.41) is 0. The molecule has 1 heteroatoms. The van der Waals surface area contributed by atoms with Gasteiger partial charge in [-0.25, -0.2) is 0 Å². The van der Waals surface area contributed by atoms with E-state index in [0.29, 0.717) is 6.04 Å². The molecule has 0 aromatic rings. The highest BCUT2D eigenvalue weighted by molar-refractivity contribution is 5.03. The van der Waals surface area contributed by atoms with Crippen LogP contribution in [0.15, 0.2) is 12.2 Å². The maximum atomic E-state index is 6.07. The Kier molecular flexibility index (Phi) is 2.73. The second-order valence-electron chi connectivity index (χ2n) is 4.96. The van der Waals surface area contributed by atoms with Gasteiger partial charge in [-0.2, -0.15) is 0 Å². The fourth-order valence-corrected chi connectivity index (χ4v) is 3.16. The average Bonchev–Trinajstić information content (AvgIpc) is 2.20. The number of nitrogens with two attached hydrogens (primary N) is 1. The summed E-state index contributed by atoms with van der Waals surface area (Å²) in [6.45, 7) is 4.14. The van der Waals surface area contributed by atoms with Gasteiger partial charge in [-0.1, -0.05) is 31.4 Å². The van der Waals surface area contributed by atoms with E-state index < -0.39 is 0 Å². The maximum Gasteiger partial charge on any atom is 0.00787 e. The molecule has 2 aliphatic rings. The van der Waals surface area contributed by atoms with Crippen LogP contribution >= 0.6 is 0 Å². The normalized spacial score (nSPS) is 41.0. The topological polar surface area (TPSA) is 26.0 Å². The summed E-state index contributed by atoms with van der Waals surface area (Å²) in [5.74, 6) is 1.85. The van der Waals surface area contributed by atoms with Crippen LogP contribution in [0.5, 0.6) is 0 Å². The molecule has 1 nitrogen and oxygen atoms in total. The Labute approximate surface area is 81.4 Å². The lowest BCUT2D eigenvalue weighted by Crippen LogP contribution is -2.25. The zero-order chi connectivity index (χ0) is 9.26. The van der Waals surface area contributed by atoms with Gasteiger partial charge in [0.2, 0.25) is 0 Å². The summed E-state index contributed by atoms with van der Waals surface area (Å²) >= 11 is 0. The SMILES string of the molecule is C=C1CC(N)CC2CCCCC2C1. The average molecular weight is 179 g/mol. The van der Waals surface area contributed by atoms with Crippen molar-refractivity contribution < 1.29 is 0 Å². The molecule has 0 heterocycles. The second-order valence-corrected chi connectivity index (χ2v) is 4.96. The Bertz CT molecular complexity index is 197. The van der Waals surface area contributed by atoms with Crippen molar-refractivity contribution in [2.45, 2.75) is 51.0 Å². The van der Waals surface area contributed by atoms with E-state index in [2.05, 4.69) is 6.58 Å². The largest absolute Gasteiger partial charge is 0.327 e. The molecule has 0 spiro atoms. The van der Waals surface area contributed by atoms with Gasteiger partial charge in [0.05, 0.1) is 0 Å². The van der Waals surface area contributed by atoms with Gasteiger partial charge in [0, 0.05) is 6.04 Å². The van der Waals surface area contributed by atoms with Gasteiger partial charge < -0.3 is 5.73 Å². The minimum Gasteiger partial charge on any atom is -0.327 e. The molecule has 0 amide bonds. The van der Waals surface area contributed by atoms with Crippen molar-refractivity contribution in [2.24, 2.45) is 17.6 Å². The van der Waals surface area contributed by atoms with Gasteiger partial charge in [-0.3, -0.25) is 0 Å². The van der Waals surface area contributed by atoms with Crippen LogP contribution in [0.2, 0.25) is 0 Å². The van der Waals surface area contributed by atoms with Crippen LogP contribution in [0.1, 0.15) is 44.9 Å². The highest BCUT2D eigenvalue weighted by Crippen LogP contribution is 2.40. The van der Waals surface area contributed by atoms with Crippen LogP contribution in [-0.2, 0) is 0 Å². The molecule has 74 valence electrons. The van der Waals surface area contributed by atoms with E-state index in [4.69, 9.17) is 5.73 Å². The van der Waals surface area contributed by atoms with Gasteiger partial charge >= 0.3 is 0 Å². The van der Waals surface area contributed by atoms with Crippen molar-refractivity contribution in [3.63, 3.8) is 0 Å². The van der Waals surface area contributed by atoms with Crippen LogP contribution in [0.4, 0.5) is 0 Å². The molecule has 3 unspecified atom stereocenters. The van der Waals surface area contributed by atoms with E-state index in [-0.39, 0.29) is 0 Å². The summed E-state index contributed by atoms with van der Waals surface area (Å²) in [6.07, 6.45) is 9.31. The van der Waals surface area contributed by atoms with Gasteiger partial charge in [-0.05, 0) is 37.5 Å². The standard InChI is InChI=1S/C12H21N/c1-9-6-10-4-2-3-5-11(10)8-12(13)7-9/h10-12H,1-8,13H2. The van der Waals surface area contributed by atoms with Gasteiger partial charge in [0.1, 0.15) is 0 Å². The van der Waals surface area contributed by atoms with Crippen molar-refractivity contribution in [1.82, 2.24) is 0 Å². The Morgan fingerprint density at radius 1 is 1.08 bits per heavy atom. The smallest absolute Gasteiger partial charge is 0.00787 e. The molecule has 0 saturated heterocycles. The molecule has 3 atom stereocenters. The summed E-state index contributed by atoms with van der Waals surface area (Å²) in [6, 6.07) is 0.403. The molecule has 2 saturated carbocycles. The fraction of sp³-hybridized carbons (Fsp3) is 0.833. The van der Waals surface area contributed by atoms with Crippen LogP contribution in [0, 0.1) is 11.8 Å². The molecule has 0 aromatic heterocycles. The van der Waals surface area contributed by atoms with Gasteiger partial charge in [-0.15, -0.1) is 0 Å². The molecule has 0 aliphatic heterocycles. The van der Waals surface area contributed by atoms with Crippen LogP contribution < -0.4 is 5.73 Å². The lowest BCUT2D eigenvalue weighted by Gasteiger charge is -2.30. The lowest BCUT2D eigenvalue weighted by molar-refractivity contribution is 0.225. The highest BCUT2D eigenvalue weighted by Gasteiger charge is 2.29. The van der Waals surface area contributed by atoms with Gasteiger partial charge in [0.25, 0.3) is 0 Å². The van der Waals surface area contributed by atoms with Crippen molar-refractivity contribution in [3.05, 3.63) is 12.2 Å². The first-order chi connectivity index (χ1) is 6.25. The van der Waals surface area contributed by atoms with Crippen molar-refractivity contribution in [1.29, 1.82) is 0 Å². The van der Waals surface area contributed by atoms with Crippen molar-refractivity contribution in [3.8, 4) is 0 Å². The molecule has 0 aromatic carbocycles. The third-order valence-corrected chi connectivity index (χ3v) is 3.77. The zero-order valence-electron chi connectivity index (χ0n) is 8.47. The van der Waals surface area contributed by atoms with Crippen molar-refractivity contribution in [2.75, 3.05) is 0 Å². The zero-order valence-corrected chi connectivity index (χ0v) is 8.47. The lowest BCUT2D eigenvalue weighted by atomic mass is 9.76. The Hall–Kier alpha value is -0.300.